The molecule has 1 heterocycles. The molecule has 0 fully saturated rings. The second kappa shape index (κ2) is 6.15. The molecule has 0 aliphatic carbocycles. The fraction of sp³-hybridized carbons (Fsp3) is 0.286. The summed E-state index contributed by atoms with van der Waals surface area (Å²) >= 11 is 0. The van der Waals surface area contributed by atoms with Crippen molar-refractivity contribution < 1.29 is 4.74 Å². The van der Waals surface area contributed by atoms with Gasteiger partial charge in [0.2, 0.25) is 11.8 Å². The molecule has 0 saturated heterocycles. The summed E-state index contributed by atoms with van der Waals surface area (Å²) in [5, 5.41) is 3.18. The Balaban J connectivity index is 2.07. The molecule has 2 aromatic rings. The summed E-state index contributed by atoms with van der Waals surface area (Å²) in [5.74, 6) is 1.13. The largest absolute Gasteiger partial charge is 0.481 e. The normalized spacial score (nSPS) is 10.3. The van der Waals surface area contributed by atoms with Gasteiger partial charge in [0.1, 0.15) is 0 Å². The second-order valence-corrected chi connectivity index (χ2v) is 4.25. The highest BCUT2D eigenvalue weighted by Gasteiger charge is 2.02. The van der Waals surface area contributed by atoms with E-state index >= 15 is 0 Å². The lowest BCUT2D eigenvalue weighted by Crippen LogP contribution is -2.06. The summed E-state index contributed by atoms with van der Waals surface area (Å²) in [6.45, 7) is 3.10. The van der Waals surface area contributed by atoms with E-state index in [1.165, 1.54) is 0 Å². The Morgan fingerprint density at radius 2 is 2.00 bits per heavy atom. The first-order chi connectivity index (χ1) is 9.21. The van der Waals surface area contributed by atoms with Crippen molar-refractivity contribution in [3.8, 4) is 5.88 Å². The van der Waals surface area contributed by atoms with Crippen LogP contribution < -0.4 is 15.8 Å². The van der Waals surface area contributed by atoms with Crippen LogP contribution in [-0.2, 0) is 13.1 Å². The number of hydrogen-bond acceptors (Lipinski definition) is 5. The molecule has 19 heavy (non-hydrogen) atoms. The Hall–Kier alpha value is -2.14. The van der Waals surface area contributed by atoms with Gasteiger partial charge in [-0.15, -0.1) is 0 Å². The zero-order valence-corrected chi connectivity index (χ0v) is 11.2. The molecule has 0 spiro atoms. The number of nitrogens with zero attached hydrogens (tertiary/aromatic N) is 2. The monoisotopic (exact) mass is 258 g/mol. The van der Waals surface area contributed by atoms with E-state index in [1.807, 2.05) is 25.1 Å². The van der Waals surface area contributed by atoms with E-state index in [0.717, 1.165) is 16.8 Å². The van der Waals surface area contributed by atoms with Crippen molar-refractivity contribution in [2.75, 3.05) is 12.4 Å². The number of aryl methyl sites for hydroxylation is 1. The minimum atomic E-state index is 0.544. The van der Waals surface area contributed by atoms with Crippen LogP contribution in [0.5, 0.6) is 5.88 Å². The molecule has 0 unspecified atom stereocenters. The highest BCUT2D eigenvalue weighted by molar-refractivity contribution is 5.33. The van der Waals surface area contributed by atoms with E-state index in [0.29, 0.717) is 24.9 Å². The van der Waals surface area contributed by atoms with Gasteiger partial charge in [-0.25, -0.2) is 4.98 Å². The number of nitrogens with one attached hydrogen (secondary N) is 1. The average molecular weight is 258 g/mol. The van der Waals surface area contributed by atoms with Crippen LogP contribution in [0.1, 0.15) is 16.8 Å². The summed E-state index contributed by atoms with van der Waals surface area (Å²) < 4.78 is 5.12. The molecule has 0 bridgehead atoms. The molecule has 0 aliphatic heterocycles. The third-order valence-corrected chi connectivity index (χ3v) is 2.72. The second-order valence-electron chi connectivity index (χ2n) is 4.25. The maximum Gasteiger partial charge on any atom is 0.226 e. The van der Waals surface area contributed by atoms with Crippen molar-refractivity contribution in [3.63, 3.8) is 0 Å². The van der Waals surface area contributed by atoms with Gasteiger partial charge in [-0.3, -0.25) is 0 Å². The van der Waals surface area contributed by atoms with Gasteiger partial charge in [0.25, 0.3) is 0 Å². The minimum Gasteiger partial charge on any atom is -0.481 e. The van der Waals surface area contributed by atoms with Crippen LogP contribution in [0.3, 0.4) is 0 Å². The van der Waals surface area contributed by atoms with Crippen LogP contribution in [-0.4, -0.2) is 17.1 Å². The first-order valence-corrected chi connectivity index (χ1v) is 6.12. The van der Waals surface area contributed by atoms with Gasteiger partial charge < -0.3 is 15.8 Å². The van der Waals surface area contributed by atoms with Crippen molar-refractivity contribution in [3.05, 3.63) is 47.2 Å². The highest BCUT2D eigenvalue weighted by Crippen LogP contribution is 2.12. The number of nitrogens with two attached hydrogens (primary N) is 1. The number of hydrogen-bond donors (Lipinski definition) is 2. The number of anilines is 1. The molecule has 0 atom stereocenters. The van der Waals surface area contributed by atoms with Crippen molar-refractivity contribution in [2.24, 2.45) is 5.73 Å². The first-order valence-electron chi connectivity index (χ1n) is 6.12. The van der Waals surface area contributed by atoms with E-state index in [4.69, 9.17) is 10.5 Å². The lowest BCUT2D eigenvalue weighted by atomic mass is 10.1. The van der Waals surface area contributed by atoms with Crippen LogP contribution in [0.15, 0.2) is 30.3 Å². The molecule has 5 heteroatoms. The predicted octanol–water partition coefficient (Wildman–Crippen LogP) is 1.86. The van der Waals surface area contributed by atoms with E-state index in [-0.39, 0.29) is 0 Å². The smallest absolute Gasteiger partial charge is 0.226 e. The summed E-state index contributed by atoms with van der Waals surface area (Å²) in [4.78, 5) is 8.55. The van der Waals surface area contributed by atoms with Crippen LogP contribution >= 0.6 is 0 Å². The molecule has 100 valence electrons. The topological polar surface area (TPSA) is 73.1 Å². The number of methoxy groups -OCH3 is 1. The van der Waals surface area contributed by atoms with Crippen LogP contribution in [0.25, 0.3) is 0 Å². The van der Waals surface area contributed by atoms with Gasteiger partial charge in [-0.05, 0) is 18.1 Å². The molecular weight excluding hydrogens is 240 g/mol. The number of benzene rings is 1. The van der Waals surface area contributed by atoms with Gasteiger partial charge in [0, 0.05) is 24.8 Å². The summed E-state index contributed by atoms with van der Waals surface area (Å²) in [6.07, 6.45) is 0. The molecule has 1 aromatic heterocycles. The fourth-order valence-corrected chi connectivity index (χ4v) is 1.77. The first kappa shape index (κ1) is 13.3. The maximum absolute atomic E-state index is 5.62. The molecule has 5 nitrogen and oxygen atoms in total. The lowest BCUT2D eigenvalue weighted by molar-refractivity contribution is 0.397. The highest BCUT2D eigenvalue weighted by atomic mass is 16.5. The van der Waals surface area contributed by atoms with E-state index in [2.05, 4.69) is 21.4 Å². The van der Waals surface area contributed by atoms with Crippen molar-refractivity contribution in [1.82, 2.24) is 9.97 Å². The molecule has 2 rings (SSSR count). The van der Waals surface area contributed by atoms with E-state index in [1.54, 1.807) is 13.2 Å². The lowest BCUT2D eigenvalue weighted by Gasteiger charge is -2.08. The minimum absolute atomic E-state index is 0.544. The predicted molar refractivity (Wildman–Crippen MR) is 75.0 cm³/mol. The Kier molecular flexibility index (Phi) is 4.30. The number of ether oxygens (including phenoxy) is 1. The fourth-order valence-electron chi connectivity index (χ4n) is 1.77. The molecule has 0 aliphatic rings. The van der Waals surface area contributed by atoms with Gasteiger partial charge in [-0.2, -0.15) is 4.98 Å². The zero-order chi connectivity index (χ0) is 13.7. The van der Waals surface area contributed by atoms with Crippen molar-refractivity contribution in [2.45, 2.75) is 20.0 Å². The average Bonchev–Trinajstić information content (AvgIpc) is 2.44. The van der Waals surface area contributed by atoms with Gasteiger partial charge in [-0.1, -0.05) is 24.3 Å². The van der Waals surface area contributed by atoms with Crippen molar-refractivity contribution in [1.29, 1.82) is 0 Å². The Morgan fingerprint density at radius 1 is 1.21 bits per heavy atom. The maximum atomic E-state index is 5.62. The van der Waals surface area contributed by atoms with E-state index in [9.17, 15) is 0 Å². The van der Waals surface area contributed by atoms with Gasteiger partial charge in [0.05, 0.1) is 7.11 Å². The Bertz CT molecular complexity index is 557. The van der Waals surface area contributed by atoms with Gasteiger partial charge in [0.15, 0.2) is 0 Å². The quantitative estimate of drug-likeness (QED) is 0.856. The Labute approximate surface area is 112 Å². The number of aromatic nitrogens is 2. The standard InChI is InChI=1S/C14H18N4O/c1-10-6-13(19-2)18-14(17-10)16-9-12-5-3-4-11(7-12)8-15/h3-7H,8-9,15H2,1-2H3,(H,16,17,18). The molecule has 1 aromatic carbocycles. The molecule has 3 N–H and O–H groups in total. The summed E-state index contributed by atoms with van der Waals surface area (Å²) in [7, 11) is 1.59. The molecule has 0 radical (unpaired) electrons. The van der Waals surface area contributed by atoms with Gasteiger partial charge >= 0.3 is 0 Å². The van der Waals surface area contributed by atoms with E-state index < -0.39 is 0 Å². The third-order valence-electron chi connectivity index (χ3n) is 2.72. The zero-order valence-electron chi connectivity index (χ0n) is 11.2. The molecular formula is C14H18N4O. The summed E-state index contributed by atoms with van der Waals surface area (Å²) in [6, 6.07) is 9.91. The van der Waals surface area contributed by atoms with Crippen molar-refractivity contribution >= 4 is 5.95 Å². The number of rotatable bonds is 5. The van der Waals surface area contributed by atoms with Crippen LogP contribution in [0.2, 0.25) is 0 Å². The summed E-state index contributed by atoms with van der Waals surface area (Å²) in [5.41, 5.74) is 8.75. The van der Waals surface area contributed by atoms with Crippen LogP contribution in [0.4, 0.5) is 5.95 Å². The SMILES string of the molecule is COc1cc(C)nc(NCc2cccc(CN)c2)n1. The van der Waals surface area contributed by atoms with Crippen LogP contribution in [0, 0.1) is 6.92 Å². The molecule has 0 saturated carbocycles. The molecule has 0 amide bonds. The third kappa shape index (κ3) is 3.66. The Morgan fingerprint density at radius 3 is 2.74 bits per heavy atom.